The molecule has 0 amide bonds. The van der Waals surface area contributed by atoms with Gasteiger partial charge in [-0.15, -0.1) is 0 Å². The molecule has 2 aromatic rings. The zero-order valence-corrected chi connectivity index (χ0v) is 8.83. The topological polar surface area (TPSA) is 81.1 Å². The van der Waals surface area contributed by atoms with Crippen molar-refractivity contribution in [1.29, 1.82) is 0 Å². The Balaban J connectivity index is 1.92. The molecule has 2 N–H and O–H groups in total. The van der Waals surface area contributed by atoms with E-state index in [1.807, 2.05) is 0 Å². The van der Waals surface area contributed by atoms with Gasteiger partial charge in [0, 0.05) is 19.1 Å². The summed E-state index contributed by atoms with van der Waals surface area (Å²) in [6, 6.07) is 0.218. The molecule has 0 aliphatic carbocycles. The molecule has 16 heavy (non-hydrogen) atoms. The number of rotatable bonds is 1. The second-order valence-corrected chi connectivity index (χ2v) is 4.09. The number of aromatic nitrogens is 3. The Morgan fingerprint density at radius 3 is 3.25 bits per heavy atom. The predicted molar refractivity (Wildman–Crippen MR) is 59.0 cm³/mol. The fraction of sp³-hybridized carbons (Fsp3) is 0.500. The summed E-state index contributed by atoms with van der Waals surface area (Å²) >= 11 is 0. The smallest absolute Gasteiger partial charge is 0.226 e. The Labute approximate surface area is 92.4 Å². The molecule has 1 aliphatic rings. The highest BCUT2D eigenvalue weighted by Crippen LogP contribution is 2.17. The average Bonchev–Trinajstić information content (AvgIpc) is 2.75. The Bertz CT molecular complexity index is 497. The molecule has 0 spiro atoms. The molecule has 3 rings (SSSR count). The van der Waals surface area contributed by atoms with Crippen LogP contribution in [0.25, 0.3) is 11.1 Å². The largest absolute Gasteiger partial charge is 0.353 e. The van der Waals surface area contributed by atoms with Gasteiger partial charge in [-0.25, -0.2) is 9.97 Å². The first-order valence-corrected chi connectivity index (χ1v) is 5.41. The maximum Gasteiger partial charge on any atom is 0.226 e. The van der Waals surface area contributed by atoms with E-state index in [-0.39, 0.29) is 6.04 Å². The lowest BCUT2D eigenvalue weighted by Crippen LogP contribution is -2.43. The van der Waals surface area contributed by atoms with Crippen LogP contribution in [0.1, 0.15) is 12.8 Å². The molecule has 6 heteroatoms. The monoisotopic (exact) mass is 219 g/mol. The molecular weight excluding hydrogens is 206 g/mol. The molecule has 84 valence electrons. The minimum Gasteiger partial charge on any atom is -0.353 e. The molecule has 1 fully saturated rings. The van der Waals surface area contributed by atoms with Crippen LogP contribution in [0.3, 0.4) is 0 Å². The van der Waals surface area contributed by atoms with Crippen molar-refractivity contribution in [1.82, 2.24) is 15.1 Å². The van der Waals surface area contributed by atoms with E-state index < -0.39 is 0 Å². The van der Waals surface area contributed by atoms with Gasteiger partial charge >= 0.3 is 0 Å². The van der Waals surface area contributed by atoms with Crippen LogP contribution in [0.2, 0.25) is 0 Å². The number of hydrogen-bond donors (Lipinski definition) is 1. The lowest BCUT2D eigenvalue weighted by molar-refractivity contribution is 0.455. The van der Waals surface area contributed by atoms with Crippen molar-refractivity contribution in [2.24, 2.45) is 5.73 Å². The van der Waals surface area contributed by atoms with Crippen LogP contribution >= 0.6 is 0 Å². The Hall–Kier alpha value is -1.69. The van der Waals surface area contributed by atoms with Crippen LogP contribution in [-0.4, -0.2) is 34.3 Å². The fourth-order valence-electron chi connectivity index (χ4n) is 2.01. The van der Waals surface area contributed by atoms with E-state index >= 15 is 0 Å². The van der Waals surface area contributed by atoms with Crippen molar-refractivity contribution < 1.29 is 4.52 Å². The normalized spacial score (nSPS) is 21.6. The second-order valence-electron chi connectivity index (χ2n) is 4.09. The maximum atomic E-state index is 5.93. The Kier molecular flexibility index (Phi) is 2.21. The van der Waals surface area contributed by atoms with Crippen molar-refractivity contribution in [3.05, 3.63) is 12.4 Å². The Morgan fingerprint density at radius 1 is 1.44 bits per heavy atom. The van der Waals surface area contributed by atoms with E-state index in [1.165, 1.54) is 0 Å². The lowest BCUT2D eigenvalue weighted by Gasteiger charge is -2.30. The summed E-state index contributed by atoms with van der Waals surface area (Å²) in [5, 5.41) is 3.68. The average molecular weight is 219 g/mol. The summed E-state index contributed by atoms with van der Waals surface area (Å²) < 4.78 is 4.96. The summed E-state index contributed by atoms with van der Waals surface area (Å²) in [5.74, 6) is 0.714. The minimum atomic E-state index is 0.218. The SMILES string of the molecule is NC1CCCN(c2ncc3oncc3n2)C1. The van der Waals surface area contributed by atoms with Gasteiger partial charge in [-0.2, -0.15) is 0 Å². The van der Waals surface area contributed by atoms with Gasteiger partial charge in [0.1, 0.15) is 5.52 Å². The van der Waals surface area contributed by atoms with Crippen LogP contribution in [0.4, 0.5) is 5.95 Å². The molecule has 3 heterocycles. The van der Waals surface area contributed by atoms with Crippen molar-refractivity contribution in [2.45, 2.75) is 18.9 Å². The van der Waals surface area contributed by atoms with E-state index in [0.29, 0.717) is 11.5 Å². The lowest BCUT2D eigenvalue weighted by atomic mass is 10.1. The third-order valence-electron chi connectivity index (χ3n) is 2.84. The van der Waals surface area contributed by atoms with Gasteiger partial charge in [0.2, 0.25) is 11.5 Å². The number of nitrogens with two attached hydrogens (primary N) is 1. The van der Waals surface area contributed by atoms with E-state index in [9.17, 15) is 0 Å². The van der Waals surface area contributed by atoms with Gasteiger partial charge in [0.15, 0.2) is 0 Å². The van der Waals surface area contributed by atoms with Gasteiger partial charge < -0.3 is 15.2 Å². The van der Waals surface area contributed by atoms with Crippen LogP contribution < -0.4 is 10.6 Å². The quantitative estimate of drug-likeness (QED) is 0.754. The van der Waals surface area contributed by atoms with Crippen LogP contribution in [-0.2, 0) is 0 Å². The van der Waals surface area contributed by atoms with Crippen molar-refractivity contribution >= 4 is 17.0 Å². The molecule has 1 unspecified atom stereocenters. The zero-order valence-electron chi connectivity index (χ0n) is 8.83. The fourth-order valence-corrected chi connectivity index (χ4v) is 2.01. The molecule has 0 saturated carbocycles. The summed E-state index contributed by atoms with van der Waals surface area (Å²) in [7, 11) is 0. The molecule has 2 aromatic heterocycles. The zero-order chi connectivity index (χ0) is 11.0. The second kappa shape index (κ2) is 3.71. The van der Waals surface area contributed by atoms with Gasteiger partial charge in [0.25, 0.3) is 0 Å². The van der Waals surface area contributed by atoms with Crippen molar-refractivity contribution in [3.63, 3.8) is 0 Å². The highest BCUT2D eigenvalue weighted by Gasteiger charge is 2.19. The number of nitrogens with zero attached hydrogens (tertiary/aromatic N) is 4. The standard InChI is InChI=1S/C10H13N5O/c11-7-2-1-3-15(6-7)10-12-5-9-8(14-10)4-13-16-9/h4-5,7H,1-3,6,11H2. The number of hydrogen-bond acceptors (Lipinski definition) is 6. The van der Waals surface area contributed by atoms with Gasteiger partial charge in [0.05, 0.1) is 12.4 Å². The van der Waals surface area contributed by atoms with Crippen molar-refractivity contribution in [2.75, 3.05) is 18.0 Å². The third kappa shape index (κ3) is 1.61. The van der Waals surface area contributed by atoms with Gasteiger partial charge in [-0.1, -0.05) is 5.16 Å². The number of fused-ring (bicyclic) bond motifs is 1. The van der Waals surface area contributed by atoms with Crippen LogP contribution in [0.15, 0.2) is 16.9 Å². The van der Waals surface area contributed by atoms with Gasteiger partial charge in [-0.05, 0) is 12.8 Å². The number of piperidine rings is 1. The summed E-state index contributed by atoms with van der Waals surface area (Å²) in [6.07, 6.45) is 5.42. The van der Waals surface area contributed by atoms with E-state index in [4.69, 9.17) is 10.3 Å². The number of anilines is 1. The highest BCUT2D eigenvalue weighted by molar-refractivity contribution is 5.71. The maximum absolute atomic E-state index is 5.93. The molecule has 6 nitrogen and oxygen atoms in total. The first kappa shape index (κ1) is 9.53. The highest BCUT2D eigenvalue weighted by atomic mass is 16.5. The molecule has 1 saturated heterocycles. The molecular formula is C10H13N5O. The summed E-state index contributed by atoms with van der Waals surface area (Å²) in [4.78, 5) is 10.8. The predicted octanol–water partition coefficient (Wildman–Crippen LogP) is 0.545. The first-order chi connectivity index (χ1) is 7.83. The van der Waals surface area contributed by atoms with Crippen LogP contribution in [0.5, 0.6) is 0 Å². The third-order valence-corrected chi connectivity index (χ3v) is 2.84. The van der Waals surface area contributed by atoms with E-state index in [0.717, 1.165) is 31.4 Å². The minimum absolute atomic E-state index is 0.218. The molecule has 0 bridgehead atoms. The first-order valence-electron chi connectivity index (χ1n) is 5.41. The van der Waals surface area contributed by atoms with E-state index in [1.54, 1.807) is 12.4 Å². The molecule has 1 atom stereocenters. The summed E-state index contributed by atoms with van der Waals surface area (Å²) in [5.41, 5.74) is 7.28. The van der Waals surface area contributed by atoms with Gasteiger partial charge in [-0.3, -0.25) is 0 Å². The molecule has 0 aromatic carbocycles. The van der Waals surface area contributed by atoms with Crippen LogP contribution in [0, 0.1) is 0 Å². The Morgan fingerprint density at radius 2 is 2.38 bits per heavy atom. The van der Waals surface area contributed by atoms with E-state index in [2.05, 4.69) is 20.0 Å². The molecule has 0 radical (unpaired) electrons. The molecule has 1 aliphatic heterocycles. The van der Waals surface area contributed by atoms with Crippen molar-refractivity contribution in [3.8, 4) is 0 Å². The summed E-state index contributed by atoms with van der Waals surface area (Å²) in [6.45, 7) is 1.78.